The Morgan fingerprint density at radius 2 is 1.91 bits per heavy atom. The second-order valence-electron chi connectivity index (χ2n) is 7.10. The average molecular weight is 312 g/mol. The van der Waals surface area contributed by atoms with Crippen LogP contribution in [0.3, 0.4) is 0 Å². The van der Waals surface area contributed by atoms with Crippen molar-refractivity contribution in [3.05, 3.63) is 29.8 Å². The minimum atomic E-state index is 0.148. The highest BCUT2D eigenvalue weighted by molar-refractivity contribution is 5.99. The molecule has 23 heavy (non-hydrogen) atoms. The molecule has 2 amide bonds. The van der Waals surface area contributed by atoms with Gasteiger partial charge in [-0.15, -0.1) is 0 Å². The first-order valence-corrected chi connectivity index (χ1v) is 8.95. The molecule has 0 radical (unpaired) electrons. The Balaban J connectivity index is 1.57. The summed E-state index contributed by atoms with van der Waals surface area (Å²) in [6.45, 7) is 1.65. The molecule has 1 aromatic carbocycles. The van der Waals surface area contributed by atoms with Crippen molar-refractivity contribution in [1.82, 2.24) is 4.90 Å². The Hall–Kier alpha value is -1.84. The van der Waals surface area contributed by atoms with E-state index in [1.165, 1.54) is 19.3 Å². The van der Waals surface area contributed by atoms with Crippen molar-refractivity contribution in [3.63, 3.8) is 0 Å². The number of piperidine rings is 1. The number of likely N-dealkylation sites (tertiary alicyclic amines) is 1. The lowest BCUT2D eigenvalue weighted by molar-refractivity contribution is -0.117. The fourth-order valence-corrected chi connectivity index (χ4v) is 4.60. The number of carbonyl (C=O) groups is 2. The van der Waals surface area contributed by atoms with Crippen LogP contribution in [0, 0.1) is 5.92 Å². The van der Waals surface area contributed by atoms with Crippen LogP contribution in [0.1, 0.15) is 55.3 Å². The van der Waals surface area contributed by atoms with Gasteiger partial charge in [0.15, 0.2) is 0 Å². The number of rotatable bonds is 2. The van der Waals surface area contributed by atoms with Crippen LogP contribution in [-0.2, 0) is 4.79 Å². The predicted octanol–water partition coefficient (Wildman–Crippen LogP) is 3.22. The molecule has 122 valence electrons. The molecule has 0 bridgehead atoms. The van der Waals surface area contributed by atoms with Crippen LogP contribution < -0.4 is 4.90 Å². The van der Waals surface area contributed by atoms with Gasteiger partial charge in [0.2, 0.25) is 5.91 Å². The number of hydrogen-bond donors (Lipinski definition) is 0. The van der Waals surface area contributed by atoms with Crippen LogP contribution in [0.15, 0.2) is 24.3 Å². The monoisotopic (exact) mass is 312 g/mol. The van der Waals surface area contributed by atoms with Gasteiger partial charge >= 0.3 is 0 Å². The summed E-state index contributed by atoms with van der Waals surface area (Å²) in [6.07, 6.45) is 7.60. The summed E-state index contributed by atoms with van der Waals surface area (Å²) in [5.74, 6) is 1.02. The summed E-state index contributed by atoms with van der Waals surface area (Å²) in [4.78, 5) is 28.9. The van der Waals surface area contributed by atoms with Crippen molar-refractivity contribution in [2.75, 3.05) is 18.0 Å². The number of nitrogens with zero attached hydrogens (tertiary/aromatic N) is 2. The topological polar surface area (TPSA) is 40.6 Å². The fourth-order valence-electron chi connectivity index (χ4n) is 4.60. The summed E-state index contributed by atoms with van der Waals surface area (Å²) in [5, 5.41) is 0. The highest BCUT2D eigenvalue weighted by Crippen LogP contribution is 2.37. The highest BCUT2D eigenvalue weighted by atomic mass is 16.2. The van der Waals surface area contributed by atoms with Gasteiger partial charge in [-0.2, -0.15) is 0 Å². The van der Waals surface area contributed by atoms with Crippen LogP contribution in [0.2, 0.25) is 0 Å². The Morgan fingerprint density at radius 1 is 1.04 bits per heavy atom. The highest BCUT2D eigenvalue weighted by Gasteiger charge is 2.37. The van der Waals surface area contributed by atoms with Gasteiger partial charge in [-0.1, -0.05) is 12.5 Å². The predicted molar refractivity (Wildman–Crippen MR) is 89.4 cm³/mol. The van der Waals surface area contributed by atoms with E-state index < -0.39 is 0 Å². The number of amides is 2. The molecule has 0 aromatic heterocycles. The van der Waals surface area contributed by atoms with Gasteiger partial charge in [0.25, 0.3) is 5.91 Å². The SMILES string of the molecule is O=C1CCCN1c1cccc(C(=O)N2CCC[C@@H]3CCC[C@H]32)c1. The zero-order valence-electron chi connectivity index (χ0n) is 13.5. The molecule has 4 heteroatoms. The minimum Gasteiger partial charge on any atom is -0.335 e. The third-order valence-electron chi connectivity index (χ3n) is 5.73. The van der Waals surface area contributed by atoms with Crippen LogP contribution in [0.5, 0.6) is 0 Å². The summed E-state index contributed by atoms with van der Waals surface area (Å²) in [7, 11) is 0. The minimum absolute atomic E-state index is 0.148. The lowest BCUT2D eigenvalue weighted by Gasteiger charge is -2.38. The number of benzene rings is 1. The van der Waals surface area contributed by atoms with E-state index in [4.69, 9.17) is 0 Å². The van der Waals surface area contributed by atoms with E-state index in [0.29, 0.717) is 18.4 Å². The Morgan fingerprint density at radius 3 is 2.74 bits per heavy atom. The van der Waals surface area contributed by atoms with Gasteiger partial charge in [0, 0.05) is 36.8 Å². The molecule has 3 aliphatic rings. The molecular formula is C19H24N2O2. The lowest BCUT2D eigenvalue weighted by atomic mass is 9.91. The molecule has 4 rings (SSSR count). The second-order valence-corrected chi connectivity index (χ2v) is 7.10. The molecule has 1 aliphatic carbocycles. The first kappa shape index (κ1) is 14.7. The Bertz CT molecular complexity index is 628. The van der Waals surface area contributed by atoms with Gasteiger partial charge in [0.05, 0.1) is 0 Å². The maximum absolute atomic E-state index is 13.0. The van der Waals surface area contributed by atoms with Crippen molar-refractivity contribution in [2.24, 2.45) is 5.92 Å². The van der Waals surface area contributed by atoms with E-state index in [9.17, 15) is 9.59 Å². The molecule has 1 saturated carbocycles. The van der Waals surface area contributed by atoms with E-state index in [2.05, 4.69) is 4.90 Å². The molecular weight excluding hydrogens is 288 g/mol. The molecule has 2 atom stereocenters. The lowest BCUT2D eigenvalue weighted by Crippen LogP contribution is -2.46. The van der Waals surface area contributed by atoms with Gasteiger partial charge in [0.1, 0.15) is 0 Å². The van der Waals surface area contributed by atoms with Crippen LogP contribution in [-0.4, -0.2) is 35.8 Å². The molecule has 1 aromatic rings. The molecule has 4 nitrogen and oxygen atoms in total. The van der Waals surface area contributed by atoms with Crippen LogP contribution in [0.4, 0.5) is 5.69 Å². The molecule has 0 unspecified atom stereocenters. The quantitative estimate of drug-likeness (QED) is 0.841. The third kappa shape index (κ3) is 2.64. The summed E-state index contributed by atoms with van der Waals surface area (Å²) >= 11 is 0. The van der Waals surface area contributed by atoms with Crippen LogP contribution >= 0.6 is 0 Å². The van der Waals surface area contributed by atoms with E-state index in [1.807, 2.05) is 29.2 Å². The van der Waals surface area contributed by atoms with E-state index in [0.717, 1.165) is 43.6 Å². The largest absolute Gasteiger partial charge is 0.335 e. The standard InChI is InChI=1S/C19H24N2O2/c22-18-10-4-11-20(18)16-8-1-6-15(13-16)19(23)21-12-3-7-14-5-2-9-17(14)21/h1,6,8,13-14,17H,2-5,7,9-12H2/t14-,17+/m0/s1. The second kappa shape index (κ2) is 5.99. The zero-order valence-corrected chi connectivity index (χ0v) is 13.5. The Kier molecular flexibility index (Phi) is 3.83. The van der Waals surface area contributed by atoms with Gasteiger partial charge < -0.3 is 9.80 Å². The molecule has 2 heterocycles. The maximum Gasteiger partial charge on any atom is 0.254 e. The molecule has 0 spiro atoms. The van der Waals surface area contributed by atoms with Crippen molar-refractivity contribution in [3.8, 4) is 0 Å². The van der Waals surface area contributed by atoms with Crippen molar-refractivity contribution in [1.29, 1.82) is 0 Å². The molecule has 0 N–H and O–H groups in total. The maximum atomic E-state index is 13.0. The zero-order chi connectivity index (χ0) is 15.8. The van der Waals surface area contributed by atoms with Crippen molar-refractivity contribution < 1.29 is 9.59 Å². The smallest absolute Gasteiger partial charge is 0.254 e. The summed E-state index contributed by atoms with van der Waals surface area (Å²) in [6, 6.07) is 8.08. The number of fused-ring (bicyclic) bond motifs is 1. The van der Waals surface area contributed by atoms with Gasteiger partial charge in [-0.3, -0.25) is 9.59 Å². The summed E-state index contributed by atoms with van der Waals surface area (Å²) < 4.78 is 0. The van der Waals surface area contributed by atoms with E-state index in [-0.39, 0.29) is 11.8 Å². The molecule has 2 aliphatic heterocycles. The van der Waals surface area contributed by atoms with Crippen LogP contribution in [0.25, 0.3) is 0 Å². The average Bonchev–Trinajstić information content (AvgIpc) is 3.22. The molecule has 2 saturated heterocycles. The van der Waals surface area contributed by atoms with Gasteiger partial charge in [-0.25, -0.2) is 0 Å². The van der Waals surface area contributed by atoms with Gasteiger partial charge in [-0.05, 0) is 56.2 Å². The van der Waals surface area contributed by atoms with E-state index in [1.54, 1.807) is 0 Å². The third-order valence-corrected chi connectivity index (χ3v) is 5.73. The number of carbonyl (C=O) groups excluding carboxylic acids is 2. The molecule has 3 fully saturated rings. The first-order valence-electron chi connectivity index (χ1n) is 8.95. The van der Waals surface area contributed by atoms with E-state index >= 15 is 0 Å². The summed E-state index contributed by atoms with van der Waals surface area (Å²) in [5.41, 5.74) is 1.60. The Labute approximate surface area is 137 Å². The van der Waals surface area contributed by atoms with Crippen molar-refractivity contribution in [2.45, 2.75) is 51.0 Å². The number of hydrogen-bond acceptors (Lipinski definition) is 2. The fraction of sp³-hybridized carbons (Fsp3) is 0.579. The normalized spacial score (nSPS) is 27.4. The first-order chi connectivity index (χ1) is 11.2. The van der Waals surface area contributed by atoms with Crippen molar-refractivity contribution >= 4 is 17.5 Å². The number of anilines is 1.